The summed E-state index contributed by atoms with van der Waals surface area (Å²) in [6, 6.07) is -0.152. The highest BCUT2D eigenvalue weighted by Gasteiger charge is 2.44. The Bertz CT molecular complexity index is 274. The van der Waals surface area contributed by atoms with Crippen LogP contribution in [0.2, 0.25) is 0 Å². The lowest BCUT2D eigenvalue weighted by Crippen LogP contribution is -3.18. The molecule has 2 aliphatic heterocycles. The molecule has 2 aliphatic rings. The number of imide groups is 1. The Morgan fingerprint density at radius 1 is 1.40 bits per heavy atom. The molecule has 0 aliphatic carbocycles. The summed E-state index contributed by atoms with van der Waals surface area (Å²) in [6.07, 6.45) is 0.377. The van der Waals surface area contributed by atoms with Crippen molar-refractivity contribution in [3.63, 3.8) is 0 Å². The van der Waals surface area contributed by atoms with Gasteiger partial charge in [0.1, 0.15) is 13.1 Å². The number of carbonyl (C=O) groups is 2. The van der Waals surface area contributed by atoms with Crippen LogP contribution in [0.3, 0.4) is 0 Å². The molecule has 0 aromatic carbocycles. The Balaban J connectivity index is 2.04. The number of rotatable bonds is 2. The number of quaternary nitrogens is 1. The third kappa shape index (κ3) is 1.89. The maximum Gasteiger partial charge on any atom is 0.288 e. The number of hydrogen-bond acceptors (Lipinski definition) is 3. The van der Waals surface area contributed by atoms with E-state index in [2.05, 4.69) is 0 Å². The van der Waals surface area contributed by atoms with Gasteiger partial charge in [0.2, 0.25) is 5.91 Å². The van der Waals surface area contributed by atoms with Crippen molar-refractivity contribution >= 4 is 11.8 Å². The van der Waals surface area contributed by atoms with Gasteiger partial charge in [0.05, 0.1) is 19.6 Å². The summed E-state index contributed by atoms with van der Waals surface area (Å²) in [5.74, 6) is -0.0223. The molecule has 15 heavy (non-hydrogen) atoms. The van der Waals surface area contributed by atoms with E-state index >= 15 is 0 Å². The molecule has 0 radical (unpaired) electrons. The van der Waals surface area contributed by atoms with Crippen LogP contribution in [-0.4, -0.2) is 55.6 Å². The first-order valence-electron chi connectivity index (χ1n) is 5.50. The highest BCUT2D eigenvalue weighted by molar-refractivity contribution is 6.04. The van der Waals surface area contributed by atoms with Crippen LogP contribution in [0.25, 0.3) is 0 Å². The third-order valence-corrected chi connectivity index (χ3v) is 3.19. The Kier molecular flexibility index (Phi) is 3.02. The molecule has 1 atom stereocenters. The summed E-state index contributed by atoms with van der Waals surface area (Å²) in [6.45, 7) is 5.39. The SMILES string of the molecule is CCN1C(=O)C[C@@H]([NH+]2CCOCC2)C1=O. The van der Waals surface area contributed by atoms with Gasteiger partial charge >= 0.3 is 0 Å². The number of likely N-dealkylation sites (tertiary alicyclic amines) is 1. The minimum atomic E-state index is -0.152. The van der Waals surface area contributed by atoms with Crippen LogP contribution >= 0.6 is 0 Å². The molecule has 84 valence electrons. The normalized spacial score (nSPS) is 28.9. The fourth-order valence-corrected chi connectivity index (χ4v) is 2.32. The summed E-state index contributed by atoms with van der Waals surface area (Å²) >= 11 is 0. The standard InChI is InChI=1S/C10H16N2O3/c1-2-12-9(13)7-8(10(12)14)11-3-5-15-6-4-11/h8H,2-7H2,1H3/p+1/t8-/m1/s1. The van der Waals surface area contributed by atoms with Crippen LogP contribution in [0, 0.1) is 0 Å². The Morgan fingerprint density at radius 3 is 2.60 bits per heavy atom. The quantitative estimate of drug-likeness (QED) is 0.542. The molecule has 2 amide bonds. The van der Waals surface area contributed by atoms with Crippen molar-refractivity contribution in [3.05, 3.63) is 0 Å². The molecule has 0 saturated carbocycles. The fraction of sp³-hybridized carbons (Fsp3) is 0.800. The molecule has 1 N–H and O–H groups in total. The van der Waals surface area contributed by atoms with Crippen LogP contribution in [0.4, 0.5) is 0 Å². The van der Waals surface area contributed by atoms with Crippen LogP contribution in [0.1, 0.15) is 13.3 Å². The average Bonchev–Trinajstić information content (AvgIpc) is 2.55. The topological polar surface area (TPSA) is 51.1 Å². The summed E-state index contributed by atoms with van der Waals surface area (Å²) in [7, 11) is 0. The monoisotopic (exact) mass is 213 g/mol. The molecule has 5 heteroatoms. The van der Waals surface area contributed by atoms with Crippen molar-refractivity contribution in [1.29, 1.82) is 0 Å². The van der Waals surface area contributed by atoms with Gasteiger partial charge in [0.15, 0.2) is 6.04 Å². The van der Waals surface area contributed by atoms with Gasteiger partial charge in [-0.3, -0.25) is 14.5 Å². The Labute approximate surface area is 89.0 Å². The lowest BCUT2D eigenvalue weighted by atomic mass is 10.2. The molecule has 2 rings (SSSR count). The van der Waals surface area contributed by atoms with E-state index in [1.165, 1.54) is 9.80 Å². The van der Waals surface area contributed by atoms with E-state index in [1.807, 2.05) is 6.92 Å². The summed E-state index contributed by atoms with van der Waals surface area (Å²) in [5.41, 5.74) is 0. The average molecular weight is 213 g/mol. The molecule has 0 aromatic rings. The zero-order valence-electron chi connectivity index (χ0n) is 8.99. The second-order valence-electron chi connectivity index (χ2n) is 4.00. The van der Waals surface area contributed by atoms with Gasteiger partial charge in [-0.05, 0) is 6.92 Å². The predicted molar refractivity (Wildman–Crippen MR) is 52.3 cm³/mol. The highest BCUT2D eigenvalue weighted by atomic mass is 16.5. The maximum atomic E-state index is 11.9. The number of ether oxygens (including phenoxy) is 1. The number of hydrogen-bond donors (Lipinski definition) is 1. The number of amides is 2. The van der Waals surface area contributed by atoms with E-state index in [0.29, 0.717) is 26.2 Å². The summed E-state index contributed by atoms with van der Waals surface area (Å²) in [4.78, 5) is 26.0. The lowest BCUT2D eigenvalue weighted by molar-refractivity contribution is -0.922. The van der Waals surface area contributed by atoms with E-state index < -0.39 is 0 Å². The molecule has 0 aromatic heterocycles. The first-order chi connectivity index (χ1) is 7.24. The molecular formula is C10H17N2O3+. The minimum absolute atomic E-state index is 0.000556. The fourth-order valence-electron chi connectivity index (χ4n) is 2.32. The van der Waals surface area contributed by atoms with Gasteiger partial charge in [-0.15, -0.1) is 0 Å². The molecule has 0 spiro atoms. The zero-order chi connectivity index (χ0) is 10.8. The van der Waals surface area contributed by atoms with Crippen molar-refractivity contribution < 1.29 is 19.2 Å². The largest absolute Gasteiger partial charge is 0.370 e. The van der Waals surface area contributed by atoms with Gasteiger partial charge in [-0.2, -0.15) is 0 Å². The highest BCUT2D eigenvalue weighted by Crippen LogP contribution is 2.10. The first-order valence-corrected chi connectivity index (χ1v) is 5.50. The number of likely N-dealkylation sites (N-methyl/N-ethyl adjacent to an activating group) is 1. The zero-order valence-corrected chi connectivity index (χ0v) is 8.99. The van der Waals surface area contributed by atoms with Gasteiger partial charge < -0.3 is 9.64 Å². The van der Waals surface area contributed by atoms with Crippen LogP contribution in [-0.2, 0) is 14.3 Å². The van der Waals surface area contributed by atoms with Gasteiger partial charge in [-0.25, -0.2) is 0 Å². The molecule has 0 unspecified atom stereocenters. The predicted octanol–water partition coefficient (Wildman–Crippen LogP) is -1.95. The smallest absolute Gasteiger partial charge is 0.288 e. The lowest BCUT2D eigenvalue weighted by Gasteiger charge is -2.27. The van der Waals surface area contributed by atoms with E-state index in [9.17, 15) is 9.59 Å². The van der Waals surface area contributed by atoms with Crippen molar-refractivity contribution in [2.24, 2.45) is 0 Å². The molecule has 2 fully saturated rings. The van der Waals surface area contributed by atoms with Crippen molar-refractivity contribution in [2.45, 2.75) is 19.4 Å². The third-order valence-electron chi connectivity index (χ3n) is 3.19. The van der Waals surface area contributed by atoms with Crippen molar-refractivity contribution in [2.75, 3.05) is 32.8 Å². The van der Waals surface area contributed by atoms with E-state index in [-0.39, 0.29) is 17.9 Å². The van der Waals surface area contributed by atoms with E-state index in [1.54, 1.807) is 0 Å². The van der Waals surface area contributed by atoms with E-state index in [0.717, 1.165) is 13.1 Å². The number of nitrogens with one attached hydrogen (secondary N) is 1. The van der Waals surface area contributed by atoms with Crippen molar-refractivity contribution in [1.82, 2.24) is 4.90 Å². The minimum Gasteiger partial charge on any atom is -0.370 e. The second-order valence-corrected chi connectivity index (χ2v) is 4.00. The Morgan fingerprint density at radius 2 is 2.07 bits per heavy atom. The molecule has 2 saturated heterocycles. The van der Waals surface area contributed by atoms with Gasteiger partial charge in [0.25, 0.3) is 5.91 Å². The summed E-state index contributed by atoms with van der Waals surface area (Å²) in [5, 5.41) is 0. The first kappa shape index (κ1) is 10.6. The van der Waals surface area contributed by atoms with Crippen molar-refractivity contribution in [3.8, 4) is 0 Å². The summed E-state index contributed by atoms with van der Waals surface area (Å²) < 4.78 is 5.24. The molecule has 2 heterocycles. The van der Waals surface area contributed by atoms with Gasteiger partial charge in [-0.1, -0.05) is 0 Å². The molecule has 5 nitrogen and oxygen atoms in total. The van der Waals surface area contributed by atoms with E-state index in [4.69, 9.17) is 4.74 Å². The Hall–Kier alpha value is -0.940. The second kappa shape index (κ2) is 4.28. The van der Waals surface area contributed by atoms with Crippen LogP contribution in [0.15, 0.2) is 0 Å². The number of nitrogens with zero attached hydrogens (tertiary/aromatic N) is 1. The van der Waals surface area contributed by atoms with Crippen LogP contribution < -0.4 is 4.90 Å². The number of carbonyl (C=O) groups excluding carboxylic acids is 2. The maximum absolute atomic E-state index is 11.9. The van der Waals surface area contributed by atoms with Crippen LogP contribution in [0.5, 0.6) is 0 Å². The molecule has 0 bridgehead atoms. The van der Waals surface area contributed by atoms with Gasteiger partial charge in [0, 0.05) is 6.54 Å². The molecular weight excluding hydrogens is 196 g/mol. The number of morpholine rings is 1.